The Hall–Kier alpha value is -3.44. The molecule has 1 saturated carbocycles. The van der Waals surface area contributed by atoms with E-state index in [9.17, 15) is 4.79 Å². The number of aryl methyl sites for hydroxylation is 1. The molecule has 4 aromatic rings. The lowest BCUT2D eigenvalue weighted by atomic mass is 9.99. The van der Waals surface area contributed by atoms with Gasteiger partial charge in [-0.05, 0) is 60.7 Å². The van der Waals surface area contributed by atoms with Gasteiger partial charge in [-0.3, -0.25) is 9.89 Å². The minimum absolute atomic E-state index is 0.123. The fourth-order valence-electron chi connectivity index (χ4n) is 4.14. The van der Waals surface area contributed by atoms with Crippen molar-refractivity contribution in [2.45, 2.75) is 31.7 Å². The van der Waals surface area contributed by atoms with E-state index in [1.165, 1.54) is 23.9 Å². The van der Waals surface area contributed by atoms with Crippen LogP contribution in [0, 0.1) is 6.92 Å². The van der Waals surface area contributed by atoms with Crippen molar-refractivity contribution in [2.24, 2.45) is 5.73 Å². The zero-order valence-electron chi connectivity index (χ0n) is 17.6. The van der Waals surface area contributed by atoms with Crippen molar-refractivity contribution in [1.29, 1.82) is 0 Å². The van der Waals surface area contributed by atoms with Gasteiger partial charge in [0.1, 0.15) is 0 Å². The molecule has 3 aromatic carbocycles. The number of nitrogens with two attached hydrogens (primary N) is 1. The van der Waals surface area contributed by atoms with Gasteiger partial charge in [-0.15, -0.1) is 0 Å². The molecule has 5 nitrogen and oxygen atoms in total. The number of fused-ring (bicyclic) bond motifs is 1. The molecule has 5 heteroatoms. The van der Waals surface area contributed by atoms with E-state index in [0.29, 0.717) is 18.0 Å². The highest BCUT2D eigenvalue weighted by atomic mass is 16.1. The van der Waals surface area contributed by atoms with Crippen molar-refractivity contribution >= 4 is 16.8 Å². The minimum Gasteiger partial charge on any atom is -0.344 e. The van der Waals surface area contributed by atoms with E-state index in [2.05, 4.69) is 33.7 Å². The Morgan fingerprint density at radius 1 is 1.10 bits per heavy atom. The number of rotatable bonds is 6. The van der Waals surface area contributed by atoms with Crippen molar-refractivity contribution in [2.75, 3.05) is 6.54 Å². The van der Waals surface area contributed by atoms with Gasteiger partial charge < -0.3 is 11.1 Å². The van der Waals surface area contributed by atoms with E-state index in [0.717, 1.165) is 27.8 Å². The number of nitrogens with zero attached hydrogens (tertiary/aromatic N) is 1. The Morgan fingerprint density at radius 3 is 2.68 bits per heavy atom. The number of carbonyl (C=O) groups excluding carboxylic acids is 1. The minimum atomic E-state index is -0.223. The van der Waals surface area contributed by atoms with Gasteiger partial charge in [0.25, 0.3) is 5.91 Å². The highest BCUT2D eigenvalue weighted by Crippen LogP contribution is 2.42. The third kappa shape index (κ3) is 3.97. The van der Waals surface area contributed by atoms with Crippen LogP contribution in [0.5, 0.6) is 0 Å². The van der Waals surface area contributed by atoms with E-state index in [1.807, 2.05) is 55.5 Å². The predicted octanol–water partition coefficient (Wildman–Crippen LogP) is 4.85. The van der Waals surface area contributed by atoms with Gasteiger partial charge in [-0.25, -0.2) is 0 Å². The Balaban J connectivity index is 1.41. The Bertz CT molecular complexity index is 1260. The summed E-state index contributed by atoms with van der Waals surface area (Å²) in [6.45, 7) is 2.38. The maximum absolute atomic E-state index is 13.0. The molecule has 0 spiro atoms. The zero-order valence-corrected chi connectivity index (χ0v) is 17.6. The van der Waals surface area contributed by atoms with Gasteiger partial charge in [0.15, 0.2) is 0 Å². The molecule has 1 amide bonds. The average molecular weight is 411 g/mol. The topological polar surface area (TPSA) is 83.8 Å². The third-order valence-electron chi connectivity index (χ3n) is 6.01. The number of nitrogens with one attached hydrogen (secondary N) is 2. The molecule has 1 atom stereocenters. The molecule has 0 bridgehead atoms. The summed E-state index contributed by atoms with van der Waals surface area (Å²) in [5.74, 6) is 0.481. The maximum atomic E-state index is 13.0. The monoisotopic (exact) mass is 410 g/mol. The average Bonchev–Trinajstić information content (AvgIpc) is 3.55. The number of hydrogen-bond donors (Lipinski definition) is 3. The number of aromatic nitrogens is 2. The lowest BCUT2D eigenvalue weighted by Crippen LogP contribution is -2.33. The standard InChI is InChI=1S/C26H26N4O/c1-16-4-2-6-20(12-16)24(15-27)28-26(31)21-7-3-5-18(13-21)19-10-11-23-22(14-19)25(30-29-23)17-8-9-17/h2-7,10-14,17,24H,8-9,15,27H2,1H3,(H,28,31)(H,29,30). The van der Waals surface area contributed by atoms with Gasteiger partial charge >= 0.3 is 0 Å². The summed E-state index contributed by atoms with van der Waals surface area (Å²) in [5.41, 5.74) is 13.1. The molecule has 1 aliphatic carbocycles. The first-order chi connectivity index (χ1) is 15.1. The number of H-pyrrole nitrogens is 1. The Kier molecular flexibility index (Phi) is 5.04. The highest BCUT2D eigenvalue weighted by molar-refractivity contribution is 5.96. The molecule has 31 heavy (non-hydrogen) atoms. The summed E-state index contributed by atoms with van der Waals surface area (Å²) in [5, 5.41) is 11.9. The lowest BCUT2D eigenvalue weighted by molar-refractivity contribution is 0.0938. The SMILES string of the molecule is Cc1cccc(C(CN)NC(=O)c2cccc(-c3ccc4n[nH]c(C5CC5)c4c3)c2)c1. The first-order valence-electron chi connectivity index (χ1n) is 10.8. The van der Waals surface area contributed by atoms with Gasteiger partial charge in [-0.1, -0.05) is 48.0 Å². The van der Waals surface area contributed by atoms with Gasteiger partial charge in [0.2, 0.25) is 0 Å². The van der Waals surface area contributed by atoms with Crippen LogP contribution in [0.15, 0.2) is 66.7 Å². The zero-order chi connectivity index (χ0) is 21.4. The number of aromatic amines is 1. The molecule has 0 radical (unpaired) electrons. The molecule has 4 N–H and O–H groups in total. The molecule has 5 rings (SSSR count). The molecule has 1 aromatic heterocycles. The van der Waals surface area contributed by atoms with Crippen molar-refractivity contribution in [1.82, 2.24) is 15.5 Å². The van der Waals surface area contributed by atoms with Crippen molar-refractivity contribution < 1.29 is 4.79 Å². The van der Waals surface area contributed by atoms with Crippen LogP contribution in [0.4, 0.5) is 0 Å². The Morgan fingerprint density at radius 2 is 1.90 bits per heavy atom. The van der Waals surface area contributed by atoms with Crippen LogP contribution in [0.3, 0.4) is 0 Å². The smallest absolute Gasteiger partial charge is 0.251 e. The van der Waals surface area contributed by atoms with Gasteiger partial charge in [0, 0.05) is 29.1 Å². The van der Waals surface area contributed by atoms with Crippen LogP contribution in [0.25, 0.3) is 22.0 Å². The number of amides is 1. The molecular formula is C26H26N4O. The quantitative estimate of drug-likeness (QED) is 0.425. The molecule has 156 valence electrons. The van der Waals surface area contributed by atoms with E-state index < -0.39 is 0 Å². The van der Waals surface area contributed by atoms with Crippen LogP contribution in [-0.2, 0) is 0 Å². The van der Waals surface area contributed by atoms with E-state index in [1.54, 1.807) is 0 Å². The second kappa shape index (κ2) is 8.00. The maximum Gasteiger partial charge on any atom is 0.251 e. The highest BCUT2D eigenvalue weighted by Gasteiger charge is 2.27. The van der Waals surface area contributed by atoms with Crippen molar-refractivity contribution in [3.05, 3.63) is 89.1 Å². The fourth-order valence-corrected chi connectivity index (χ4v) is 4.14. The summed E-state index contributed by atoms with van der Waals surface area (Å²) in [4.78, 5) is 13.0. The predicted molar refractivity (Wildman–Crippen MR) is 124 cm³/mol. The molecule has 1 unspecified atom stereocenters. The lowest BCUT2D eigenvalue weighted by Gasteiger charge is -2.18. The fraction of sp³-hybridized carbons (Fsp3) is 0.231. The first kappa shape index (κ1) is 19.5. The van der Waals surface area contributed by atoms with E-state index in [4.69, 9.17) is 5.73 Å². The number of benzene rings is 3. The molecule has 1 heterocycles. The molecule has 1 aliphatic rings. The molecule has 1 fully saturated rings. The van der Waals surface area contributed by atoms with Crippen LogP contribution in [-0.4, -0.2) is 22.6 Å². The van der Waals surface area contributed by atoms with Gasteiger partial charge in [0.05, 0.1) is 11.6 Å². The normalized spacial score (nSPS) is 14.5. The van der Waals surface area contributed by atoms with Crippen LogP contribution in [0.2, 0.25) is 0 Å². The van der Waals surface area contributed by atoms with E-state index >= 15 is 0 Å². The second-order valence-electron chi connectivity index (χ2n) is 8.40. The summed E-state index contributed by atoms with van der Waals surface area (Å²) in [6.07, 6.45) is 2.45. The van der Waals surface area contributed by atoms with Crippen LogP contribution in [0.1, 0.15) is 52.0 Å². The first-order valence-corrected chi connectivity index (χ1v) is 10.8. The van der Waals surface area contributed by atoms with E-state index in [-0.39, 0.29) is 11.9 Å². The molecule has 0 saturated heterocycles. The Labute approximate surface area is 181 Å². The summed E-state index contributed by atoms with van der Waals surface area (Å²) in [6, 6.07) is 21.9. The second-order valence-corrected chi connectivity index (χ2v) is 8.40. The summed E-state index contributed by atoms with van der Waals surface area (Å²) >= 11 is 0. The third-order valence-corrected chi connectivity index (χ3v) is 6.01. The van der Waals surface area contributed by atoms with Gasteiger partial charge in [-0.2, -0.15) is 5.10 Å². The number of hydrogen-bond acceptors (Lipinski definition) is 3. The van der Waals surface area contributed by atoms with Crippen molar-refractivity contribution in [3.63, 3.8) is 0 Å². The summed E-state index contributed by atoms with van der Waals surface area (Å²) in [7, 11) is 0. The summed E-state index contributed by atoms with van der Waals surface area (Å²) < 4.78 is 0. The number of carbonyl (C=O) groups is 1. The largest absolute Gasteiger partial charge is 0.344 e. The van der Waals surface area contributed by atoms with Crippen molar-refractivity contribution in [3.8, 4) is 11.1 Å². The van der Waals surface area contributed by atoms with Crippen LogP contribution < -0.4 is 11.1 Å². The molecule has 0 aliphatic heterocycles. The molecular weight excluding hydrogens is 384 g/mol. The van der Waals surface area contributed by atoms with Crippen LogP contribution >= 0.6 is 0 Å².